The van der Waals surface area contributed by atoms with Crippen LogP contribution in [0.4, 0.5) is 0 Å². The lowest BCUT2D eigenvalue weighted by Gasteiger charge is -2.24. The molecule has 1 amide bonds. The first-order valence-electron chi connectivity index (χ1n) is 10.5. The van der Waals surface area contributed by atoms with Crippen molar-refractivity contribution >= 4 is 23.8 Å². The Morgan fingerprint density at radius 3 is 2.26 bits per heavy atom. The predicted octanol–water partition coefficient (Wildman–Crippen LogP) is 2.10. The molecule has 1 aromatic carbocycles. The van der Waals surface area contributed by atoms with Crippen molar-refractivity contribution in [1.82, 2.24) is 10.3 Å². The zero-order valence-corrected chi connectivity index (χ0v) is 19.7. The van der Waals surface area contributed by atoms with E-state index in [9.17, 15) is 19.2 Å². The molecule has 0 saturated carbocycles. The fourth-order valence-electron chi connectivity index (χ4n) is 3.15. The van der Waals surface area contributed by atoms with Crippen molar-refractivity contribution in [3.8, 4) is 11.5 Å². The van der Waals surface area contributed by atoms with Crippen molar-refractivity contribution in [3.05, 3.63) is 53.9 Å². The minimum absolute atomic E-state index is 0.126. The summed E-state index contributed by atoms with van der Waals surface area (Å²) in [6.07, 6.45) is 0.782. The predicted molar refractivity (Wildman–Crippen MR) is 120 cm³/mol. The number of rotatable bonds is 10. The summed E-state index contributed by atoms with van der Waals surface area (Å²) < 4.78 is 20.5. The summed E-state index contributed by atoms with van der Waals surface area (Å²) >= 11 is 0. The number of nitrogens with zero attached hydrogens (tertiary/aromatic N) is 1. The number of ether oxygens (including phenoxy) is 4. The number of hydrogen-bond donors (Lipinski definition) is 1. The van der Waals surface area contributed by atoms with Crippen LogP contribution in [0.15, 0.2) is 42.6 Å². The van der Waals surface area contributed by atoms with Gasteiger partial charge in [0, 0.05) is 19.2 Å². The third kappa shape index (κ3) is 7.03. The standard InChI is InChI=1S/C24H28N2O8/c1-14(26-22(28)20-21(34-16(3)27)19(31-4)11-12-25-20)23(29)33-15(2)18(24(30)32-5)13-17-9-7-6-8-10-17/h6-12,14-15,18H,13H2,1-5H3,(H,26,28)/t14-,15-,18-/m0/s1. The summed E-state index contributed by atoms with van der Waals surface area (Å²) in [5.41, 5.74) is 0.642. The topological polar surface area (TPSA) is 130 Å². The molecule has 0 saturated heterocycles. The lowest BCUT2D eigenvalue weighted by Crippen LogP contribution is -2.43. The maximum atomic E-state index is 12.7. The summed E-state index contributed by atoms with van der Waals surface area (Å²) in [5.74, 6) is -3.52. The van der Waals surface area contributed by atoms with Gasteiger partial charge in [0.2, 0.25) is 5.75 Å². The van der Waals surface area contributed by atoms with Gasteiger partial charge in [-0.15, -0.1) is 0 Å². The van der Waals surface area contributed by atoms with Crippen molar-refractivity contribution in [2.24, 2.45) is 5.92 Å². The zero-order valence-electron chi connectivity index (χ0n) is 19.7. The highest BCUT2D eigenvalue weighted by Crippen LogP contribution is 2.29. The number of pyridine rings is 1. The summed E-state index contributed by atoms with van der Waals surface area (Å²) in [6.45, 7) is 4.17. The van der Waals surface area contributed by atoms with E-state index in [-0.39, 0.29) is 17.2 Å². The number of aromatic nitrogens is 1. The number of methoxy groups -OCH3 is 2. The van der Waals surface area contributed by atoms with E-state index < -0.39 is 41.9 Å². The number of esters is 3. The molecule has 3 atom stereocenters. The summed E-state index contributed by atoms with van der Waals surface area (Å²) in [7, 11) is 2.61. The molecule has 2 aromatic rings. The number of carbonyl (C=O) groups excluding carboxylic acids is 4. The van der Waals surface area contributed by atoms with Gasteiger partial charge in [-0.05, 0) is 25.8 Å². The number of hydrogen-bond acceptors (Lipinski definition) is 9. The van der Waals surface area contributed by atoms with E-state index in [1.165, 1.54) is 40.3 Å². The van der Waals surface area contributed by atoms with E-state index in [2.05, 4.69) is 10.3 Å². The van der Waals surface area contributed by atoms with Crippen LogP contribution in [-0.2, 0) is 30.3 Å². The molecule has 0 fully saturated rings. The van der Waals surface area contributed by atoms with E-state index >= 15 is 0 Å². The molecule has 1 aromatic heterocycles. The van der Waals surface area contributed by atoms with Crippen molar-refractivity contribution in [3.63, 3.8) is 0 Å². The van der Waals surface area contributed by atoms with Gasteiger partial charge >= 0.3 is 17.9 Å². The van der Waals surface area contributed by atoms with Crippen LogP contribution in [0.5, 0.6) is 11.5 Å². The molecule has 0 unspecified atom stereocenters. The van der Waals surface area contributed by atoms with Crippen LogP contribution >= 0.6 is 0 Å². The average Bonchev–Trinajstić information content (AvgIpc) is 2.82. The molecule has 0 spiro atoms. The van der Waals surface area contributed by atoms with Gasteiger partial charge in [0.25, 0.3) is 5.91 Å². The van der Waals surface area contributed by atoms with Crippen LogP contribution in [0.3, 0.4) is 0 Å². The minimum Gasteiger partial charge on any atom is -0.493 e. The molecule has 1 heterocycles. The van der Waals surface area contributed by atoms with Gasteiger partial charge in [-0.3, -0.25) is 14.4 Å². The Bertz CT molecular complexity index is 1020. The maximum Gasteiger partial charge on any atom is 0.328 e. The van der Waals surface area contributed by atoms with Crippen LogP contribution in [0.25, 0.3) is 0 Å². The highest BCUT2D eigenvalue weighted by atomic mass is 16.6. The van der Waals surface area contributed by atoms with Crippen LogP contribution < -0.4 is 14.8 Å². The fourth-order valence-corrected chi connectivity index (χ4v) is 3.15. The first-order chi connectivity index (χ1) is 16.2. The quantitative estimate of drug-likeness (QED) is 0.517. The molecule has 0 aliphatic rings. The normalized spacial score (nSPS) is 13.1. The summed E-state index contributed by atoms with van der Waals surface area (Å²) in [6, 6.07) is 9.58. The van der Waals surface area contributed by atoms with Crippen molar-refractivity contribution < 1.29 is 38.1 Å². The SMILES string of the molecule is COC(=O)[C@@H](Cc1ccccc1)[C@H](C)OC(=O)[C@H](C)NC(=O)c1nccc(OC)c1OC(C)=O. The average molecular weight is 472 g/mol. The van der Waals surface area contributed by atoms with Crippen molar-refractivity contribution in [1.29, 1.82) is 0 Å². The molecular formula is C24H28N2O8. The van der Waals surface area contributed by atoms with E-state index in [0.717, 1.165) is 5.56 Å². The number of nitrogens with one attached hydrogen (secondary N) is 1. The Kier molecular flexibility index (Phi) is 9.54. The second kappa shape index (κ2) is 12.3. The summed E-state index contributed by atoms with van der Waals surface area (Å²) in [4.78, 5) is 53.1. The third-order valence-electron chi connectivity index (χ3n) is 4.92. The lowest BCUT2D eigenvalue weighted by molar-refractivity contribution is -0.160. The highest BCUT2D eigenvalue weighted by molar-refractivity contribution is 5.98. The second-order valence-electron chi connectivity index (χ2n) is 7.44. The van der Waals surface area contributed by atoms with Crippen molar-refractivity contribution in [2.45, 2.75) is 39.3 Å². The van der Waals surface area contributed by atoms with Gasteiger partial charge in [0.05, 0.1) is 20.1 Å². The van der Waals surface area contributed by atoms with Crippen LogP contribution in [0.2, 0.25) is 0 Å². The van der Waals surface area contributed by atoms with Gasteiger partial charge in [-0.1, -0.05) is 30.3 Å². The lowest BCUT2D eigenvalue weighted by atomic mass is 9.94. The first-order valence-corrected chi connectivity index (χ1v) is 10.5. The Hall–Kier alpha value is -3.95. The molecule has 0 aliphatic heterocycles. The van der Waals surface area contributed by atoms with Gasteiger partial charge in [-0.2, -0.15) is 0 Å². The Morgan fingerprint density at radius 1 is 1.00 bits per heavy atom. The molecule has 10 heteroatoms. The van der Waals surface area contributed by atoms with Crippen LogP contribution in [0.1, 0.15) is 36.8 Å². The molecule has 1 N–H and O–H groups in total. The zero-order chi connectivity index (χ0) is 25.3. The molecule has 182 valence electrons. The molecular weight excluding hydrogens is 444 g/mol. The van der Waals surface area contributed by atoms with Crippen LogP contribution in [-0.4, -0.2) is 55.2 Å². The largest absolute Gasteiger partial charge is 0.493 e. The van der Waals surface area contributed by atoms with E-state index in [0.29, 0.717) is 6.42 Å². The number of carbonyl (C=O) groups is 4. The molecule has 10 nitrogen and oxygen atoms in total. The fraction of sp³-hybridized carbons (Fsp3) is 0.375. The van der Waals surface area contributed by atoms with Crippen LogP contribution in [0, 0.1) is 5.92 Å². The third-order valence-corrected chi connectivity index (χ3v) is 4.92. The molecule has 0 aliphatic carbocycles. The van der Waals surface area contributed by atoms with Gasteiger partial charge in [0.1, 0.15) is 12.1 Å². The van der Waals surface area contributed by atoms with E-state index in [4.69, 9.17) is 18.9 Å². The molecule has 0 radical (unpaired) electrons. The molecule has 2 rings (SSSR count). The van der Waals surface area contributed by atoms with Gasteiger partial charge in [-0.25, -0.2) is 9.78 Å². The van der Waals surface area contributed by atoms with Gasteiger partial charge < -0.3 is 24.3 Å². The van der Waals surface area contributed by atoms with Crippen molar-refractivity contribution in [2.75, 3.05) is 14.2 Å². The Morgan fingerprint density at radius 2 is 1.68 bits per heavy atom. The van der Waals surface area contributed by atoms with E-state index in [1.54, 1.807) is 6.92 Å². The summed E-state index contributed by atoms with van der Waals surface area (Å²) in [5, 5.41) is 2.46. The van der Waals surface area contributed by atoms with Gasteiger partial charge in [0.15, 0.2) is 11.4 Å². The second-order valence-corrected chi connectivity index (χ2v) is 7.44. The smallest absolute Gasteiger partial charge is 0.328 e. The monoisotopic (exact) mass is 472 g/mol. The molecule has 34 heavy (non-hydrogen) atoms. The Balaban J connectivity index is 2.10. The highest BCUT2D eigenvalue weighted by Gasteiger charge is 2.31. The maximum absolute atomic E-state index is 12.7. The minimum atomic E-state index is -1.09. The molecule has 0 bridgehead atoms. The van der Waals surface area contributed by atoms with E-state index in [1.807, 2.05) is 30.3 Å². The first kappa shape index (κ1) is 26.3. The number of benzene rings is 1. The Labute approximate surface area is 197 Å². The number of amides is 1.